The predicted octanol–water partition coefficient (Wildman–Crippen LogP) is 5.25. The fourth-order valence-corrected chi connectivity index (χ4v) is 3.22. The summed E-state index contributed by atoms with van der Waals surface area (Å²) in [5, 5.41) is 5.95. The largest absolute Gasteiger partial charge is 0.451 e. The van der Waals surface area contributed by atoms with E-state index >= 15 is 0 Å². The normalized spacial score (nSPS) is 14.8. The van der Waals surface area contributed by atoms with Crippen LogP contribution in [0.2, 0.25) is 0 Å². The molecule has 0 bridgehead atoms. The van der Waals surface area contributed by atoms with E-state index in [2.05, 4.69) is 16.7 Å². The van der Waals surface area contributed by atoms with Crippen LogP contribution in [0.4, 0.5) is 10.1 Å². The van der Waals surface area contributed by atoms with Crippen LogP contribution in [0, 0.1) is 5.82 Å². The van der Waals surface area contributed by atoms with E-state index in [0.29, 0.717) is 17.0 Å². The Kier molecular flexibility index (Phi) is 6.24. The van der Waals surface area contributed by atoms with Crippen molar-refractivity contribution in [2.45, 2.75) is 33.1 Å². The molecule has 0 atom stereocenters. The molecule has 2 aromatic rings. The van der Waals surface area contributed by atoms with Gasteiger partial charge in [0.25, 0.3) is 5.91 Å². The molecular formula is C22H25FN2O2. The van der Waals surface area contributed by atoms with Crippen LogP contribution < -0.4 is 10.6 Å². The van der Waals surface area contributed by atoms with Gasteiger partial charge in [-0.2, -0.15) is 0 Å². The van der Waals surface area contributed by atoms with Gasteiger partial charge in [-0.25, -0.2) is 4.39 Å². The van der Waals surface area contributed by atoms with E-state index in [1.165, 1.54) is 6.07 Å². The molecule has 2 N–H and O–H groups in total. The Balaban J connectivity index is 1.73. The molecule has 0 aliphatic carbocycles. The molecule has 2 heterocycles. The molecule has 0 saturated heterocycles. The third kappa shape index (κ3) is 4.55. The van der Waals surface area contributed by atoms with Crippen molar-refractivity contribution in [1.29, 1.82) is 0 Å². The number of anilines is 1. The fourth-order valence-electron chi connectivity index (χ4n) is 3.22. The van der Waals surface area contributed by atoms with Gasteiger partial charge in [-0.3, -0.25) is 4.79 Å². The zero-order chi connectivity index (χ0) is 19.2. The van der Waals surface area contributed by atoms with Crippen LogP contribution in [0.15, 0.2) is 46.9 Å². The highest BCUT2D eigenvalue weighted by Crippen LogP contribution is 2.26. The summed E-state index contributed by atoms with van der Waals surface area (Å²) in [6, 6.07) is 8.24. The molecule has 0 saturated carbocycles. The van der Waals surface area contributed by atoms with E-state index in [1.54, 1.807) is 24.3 Å². The third-order valence-electron chi connectivity index (χ3n) is 4.61. The standard InChI is InChI=1S/C22H25FN2O2/c1-3-5-15(4-2)18-7-6-17(14-19(18)23)25-22(26)21-9-8-20(27-21)16-10-12-24-13-11-16/h5-10,14,24H,3-4,11-13H2,1-2H3,(H,25,26)/b15-5+. The molecular weight excluding hydrogens is 343 g/mol. The van der Waals surface area contributed by atoms with Crippen molar-refractivity contribution >= 4 is 22.7 Å². The van der Waals surface area contributed by atoms with Gasteiger partial charge in [0.05, 0.1) is 0 Å². The first-order valence-corrected chi connectivity index (χ1v) is 9.42. The molecule has 0 fully saturated rings. The van der Waals surface area contributed by atoms with Crippen molar-refractivity contribution in [3.05, 3.63) is 65.4 Å². The molecule has 4 nitrogen and oxygen atoms in total. The summed E-state index contributed by atoms with van der Waals surface area (Å²) in [4.78, 5) is 12.4. The van der Waals surface area contributed by atoms with Gasteiger partial charge in [-0.05, 0) is 67.3 Å². The number of carbonyl (C=O) groups excluding carboxylic acids is 1. The molecule has 1 amide bonds. The topological polar surface area (TPSA) is 54.3 Å². The van der Waals surface area contributed by atoms with Crippen molar-refractivity contribution in [1.82, 2.24) is 5.32 Å². The van der Waals surface area contributed by atoms with E-state index in [4.69, 9.17) is 4.42 Å². The zero-order valence-corrected chi connectivity index (χ0v) is 15.8. The van der Waals surface area contributed by atoms with E-state index < -0.39 is 0 Å². The Morgan fingerprint density at radius 3 is 2.81 bits per heavy atom. The number of nitrogens with one attached hydrogen (secondary N) is 2. The van der Waals surface area contributed by atoms with Crippen LogP contribution in [0.25, 0.3) is 11.1 Å². The molecule has 3 rings (SSSR count). The number of rotatable bonds is 6. The van der Waals surface area contributed by atoms with Gasteiger partial charge >= 0.3 is 0 Å². The molecule has 5 heteroatoms. The van der Waals surface area contributed by atoms with Crippen LogP contribution in [0.1, 0.15) is 55.0 Å². The van der Waals surface area contributed by atoms with Gasteiger partial charge in [-0.15, -0.1) is 0 Å². The highest BCUT2D eigenvalue weighted by atomic mass is 19.1. The van der Waals surface area contributed by atoms with E-state index in [9.17, 15) is 9.18 Å². The SMILES string of the molecule is CC/C=C(\CC)c1ccc(NC(=O)c2ccc(C3=CCNCC3)o2)cc1F. The second-order valence-corrected chi connectivity index (χ2v) is 6.49. The Morgan fingerprint density at radius 2 is 2.15 bits per heavy atom. The average Bonchev–Trinajstić information content (AvgIpc) is 3.18. The molecule has 0 unspecified atom stereocenters. The van der Waals surface area contributed by atoms with Crippen molar-refractivity contribution < 1.29 is 13.6 Å². The summed E-state index contributed by atoms with van der Waals surface area (Å²) in [5.74, 6) is 0.201. The number of amides is 1. The maximum atomic E-state index is 14.5. The Labute approximate surface area is 159 Å². The van der Waals surface area contributed by atoms with E-state index in [0.717, 1.165) is 43.5 Å². The minimum atomic E-state index is -0.386. The number of hydrogen-bond donors (Lipinski definition) is 2. The first kappa shape index (κ1) is 19.1. The molecule has 27 heavy (non-hydrogen) atoms. The molecule has 1 aliphatic rings. The van der Waals surface area contributed by atoms with Gasteiger partial charge in [0.1, 0.15) is 11.6 Å². The van der Waals surface area contributed by atoms with Crippen molar-refractivity contribution in [3.8, 4) is 0 Å². The predicted molar refractivity (Wildman–Crippen MR) is 107 cm³/mol. The lowest BCUT2D eigenvalue weighted by molar-refractivity contribution is 0.0996. The van der Waals surface area contributed by atoms with Crippen LogP contribution in [-0.4, -0.2) is 19.0 Å². The quantitative estimate of drug-likeness (QED) is 0.732. The second kappa shape index (κ2) is 8.82. The van der Waals surface area contributed by atoms with Crippen LogP contribution in [0.5, 0.6) is 0 Å². The summed E-state index contributed by atoms with van der Waals surface area (Å²) >= 11 is 0. The summed E-state index contributed by atoms with van der Waals surface area (Å²) in [6.07, 6.45) is 6.57. The van der Waals surface area contributed by atoms with Crippen LogP contribution in [0.3, 0.4) is 0 Å². The molecule has 1 aliphatic heterocycles. The lowest BCUT2D eigenvalue weighted by Crippen LogP contribution is -2.19. The molecule has 1 aromatic heterocycles. The lowest BCUT2D eigenvalue weighted by Gasteiger charge is -2.11. The number of hydrogen-bond acceptors (Lipinski definition) is 3. The number of allylic oxidation sites excluding steroid dienone is 2. The third-order valence-corrected chi connectivity index (χ3v) is 4.61. The van der Waals surface area contributed by atoms with Crippen LogP contribution in [-0.2, 0) is 0 Å². The highest BCUT2D eigenvalue weighted by molar-refractivity contribution is 6.02. The van der Waals surface area contributed by atoms with Crippen molar-refractivity contribution in [2.24, 2.45) is 0 Å². The lowest BCUT2D eigenvalue weighted by atomic mass is 10.0. The average molecular weight is 368 g/mol. The smallest absolute Gasteiger partial charge is 0.291 e. The highest BCUT2D eigenvalue weighted by Gasteiger charge is 2.16. The second-order valence-electron chi connectivity index (χ2n) is 6.49. The first-order valence-electron chi connectivity index (χ1n) is 9.42. The number of carbonyl (C=O) groups is 1. The van der Waals surface area contributed by atoms with Gasteiger partial charge in [-0.1, -0.05) is 26.0 Å². The maximum Gasteiger partial charge on any atom is 0.291 e. The van der Waals surface area contributed by atoms with Gasteiger partial charge < -0.3 is 15.1 Å². The number of furan rings is 1. The number of benzene rings is 1. The van der Waals surface area contributed by atoms with E-state index in [1.807, 2.05) is 19.9 Å². The van der Waals surface area contributed by atoms with Crippen molar-refractivity contribution in [3.63, 3.8) is 0 Å². The summed E-state index contributed by atoms with van der Waals surface area (Å²) in [5.41, 5.74) is 3.06. The van der Waals surface area contributed by atoms with Crippen molar-refractivity contribution in [2.75, 3.05) is 18.4 Å². The monoisotopic (exact) mass is 368 g/mol. The molecule has 0 radical (unpaired) electrons. The van der Waals surface area contributed by atoms with Gasteiger partial charge in [0, 0.05) is 17.8 Å². The van der Waals surface area contributed by atoms with Gasteiger partial charge in [0.15, 0.2) is 5.76 Å². The summed E-state index contributed by atoms with van der Waals surface area (Å²) < 4.78 is 20.2. The minimum absolute atomic E-state index is 0.217. The molecule has 1 aromatic carbocycles. The van der Waals surface area contributed by atoms with Crippen LogP contribution >= 0.6 is 0 Å². The first-order chi connectivity index (χ1) is 13.1. The van der Waals surface area contributed by atoms with Gasteiger partial charge in [0.2, 0.25) is 0 Å². The summed E-state index contributed by atoms with van der Waals surface area (Å²) in [6.45, 7) is 5.73. The maximum absolute atomic E-state index is 14.5. The molecule has 0 spiro atoms. The Hall–Kier alpha value is -2.66. The fraction of sp³-hybridized carbons (Fsp3) is 0.318. The molecule has 142 valence electrons. The van der Waals surface area contributed by atoms with E-state index in [-0.39, 0.29) is 17.5 Å². The Morgan fingerprint density at radius 1 is 1.30 bits per heavy atom. The number of halogens is 1. The minimum Gasteiger partial charge on any atom is -0.451 e. The Bertz CT molecular complexity index is 880. The zero-order valence-electron chi connectivity index (χ0n) is 15.8. The summed E-state index contributed by atoms with van der Waals surface area (Å²) in [7, 11) is 0.